The van der Waals surface area contributed by atoms with Gasteiger partial charge in [-0.25, -0.2) is 8.78 Å². The Balaban J connectivity index is 1.86. The van der Waals surface area contributed by atoms with Crippen molar-refractivity contribution in [1.29, 1.82) is 0 Å². The van der Waals surface area contributed by atoms with E-state index in [-0.39, 0.29) is 12.6 Å². The molecule has 108 valence electrons. The van der Waals surface area contributed by atoms with Gasteiger partial charge in [-0.1, -0.05) is 6.07 Å². The molecule has 1 aromatic carbocycles. The number of nitrogens with one attached hydrogen (secondary N) is 1. The van der Waals surface area contributed by atoms with Crippen LogP contribution in [0.15, 0.2) is 35.7 Å². The highest BCUT2D eigenvalue weighted by Crippen LogP contribution is 2.23. The predicted molar refractivity (Wildman–Crippen MR) is 76.6 cm³/mol. The molecule has 0 aliphatic rings. The van der Waals surface area contributed by atoms with Crippen LogP contribution in [-0.2, 0) is 6.54 Å². The lowest BCUT2D eigenvalue weighted by atomic mass is 10.1. The average Bonchev–Trinajstić information content (AvgIpc) is 2.94. The fourth-order valence-electron chi connectivity index (χ4n) is 1.98. The summed E-state index contributed by atoms with van der Waals surface area (Å²) in [5.41, 5.74) is 0.294. The first-order valence-electron chi connectivity index (χ1n) is 6.45. The molecule has 2 aromatic rings. The molecule has 0 bridgehead atoms. The van der Waals surface area contributed by atoms with Gasteiger partial charge in [0.1, 0.15) is 11.6 Å². The Morgan fingerprint density at radius 1 is 1.30 bits per heavy atom. The second kappa shape index (κ2) is 6.92. The molecule has 0 saturated carbocycles. The van der Waals surface area contributed by atoms with E-state index in [0.29, 0.717) is 12.0 Å². The molecule has 0 amide bonds. The first-order valence-corrected chi connectivity index (χ1v) is 7.33. The maximum Gasteiger partial charge on any atom is 0.127 e. The van der Waals surface area contributed by atoms with Gasteiger partial charge in [-0.3, -0.25) is 0 Å². The van der Waals surface area contributed by atoms with E-state index in [2.05, 4.69) is 5.32 Å². The van der Waals surface area contributed by atoms with Gasteiger partial charge in [0.25, 0.3) is 0 Å². The monoisotopic (exact) mass is 297 g/mol. The normalized spacial score (nSPS) is 14.2. The molecule has 0 aliphatic heterocycles. The van der Waals surface area contributed by atoms with Gasteiger partial charge in [0.05, 0.1) is 6.10 Å². The van der Waals surface area contributed by atoms with Crippen molar-refractivity contribution in [3.05, 3.63) is 57.8 Å². The van der Waals surface area contributed by atoms with E-state index in [0.717, 1.165) is 17.0 Å². The molecule has 5 heteroatoms. The highest BCUT2D eigenvalue weighted by Gasteiger charge is 2.13. The van der Waals surface area contributed by atoms with Gasteiger partial charge in [-0.2, -0.15) is 0 Å². The average molecular weight is 297 g/mol. The lowest BCUT2D eigenvalue weighted by Gasteiger charge is -2.17. The number of thiophene rings is 1. The Hall–Kier alpha value is -1.30. The van der Waals surface area contributed by atoms with E-state index in [1.165, 1.54) is 17.4 Å². The molecule has 0 radical (unpaired) electrons. The maximum absolute atomic E-state index is 13.5. The molecule has 0 spiro atoms. The van der Waals surface area contributed by atoms with E-state index < -0.39 is 17.7 Å². The van der Waals surface area contributed by atoms with Crippen molar-refractivity contribution in [1.82, 2.24) is 5.32 Å². The van der Waals surface area contributed by atoms with Crippen molar-refractivity contribution in [3.8, 4) is 0 Å². The molecule has 2 N–H and O–H groups in total. The number of halogens is 2. The Morgan fingerprint density at radius 3 is 2.80 bits per heavy atom. The maximum atomic E-state index is 13.5. The van der Waals surface area contributed by atoms with Gasteiger partial charge in [0, 0.05) is 23.0 Å². The number of benzene rings is 1. The van der Waals surface area contributed by atoms with Crippen LogP contribution in [0.2, 0.25) is 0 Å². The van der Waals surface area contributed by atoms with Gasteiger partial charge in [0.15, 0.2) is 0 Å². The molecule has 1 aromatic heterocycles. The molecule has 1 heterocycles. The number of rotatable bonds is 6. The van der Waals surface area contributed by atoms with Crippen LogP contribution in [0.1, 0.15) is 29.9 Å². The lowest BCUT2D eigenvalue weighted by molar-refractivity contribution is 0.157. The van der Waals surface area contributed by atoms with Gasteiger partial charge in [-0.15, -0.1) is 11.3 Å². The van der Waals surface area contributed by atoms with E-state index in [4.69, 9.17) is 0 Å². The fraction of sp³-hybridized carbons (Fsp3) is 0.333. The largest absolute Gasteiger partial charge is 0.388 e. The highest BCUT2D eigenvalue weighted by atomic mass is 32.1. The van der Waals surface area contributed by atoms with E-state index >= 15 is 0 Å². The predicted octanol–water partition coefficient (Wildman–Crippen LogP) is 3.63. The zero-order valence-corrected chi connectivity index (χ0v) is 12.0. The third-order valence-corrected chi connectivity index (χ3v) is 4.07. The van der Waals surface area contributed by atoms with Gasteiger partial charge in [0.2, 0.25) is 0 Å². The Kier molecular flexibility index (Phi) is 5.23. The molecule has 2 atom stereocenters. The lowest BCUT2D eigenvalue weighted by Crippen LogP contribution is -2.27. The molecule has 2 nitrogen and oxygen atoms in total. The summed E-state index contributed by atoms with van der Waals surface area (Å²) in [5, 5.41) is 15.0. The van der Waals surface area contributed by atoms with E-state index in [1.807, 2.05) is 24.4 Å². The highest BCUT2D eigenvalue weighted by molar-refractivity contribution is 7.10. The Labute approximate surface area is 121 Å². The summed E-state index contributed by atoms with van der Waals surface area (Å²) in [4.78, 5) is 0.913. The molecular formula is C15H17F2NOS. The van der Waals surface area contributed by atoms with Crippen molar-refractivity contribution < 1.29 is 13.9 Å². The molecule has 0 fully saturated rings. The Morgan fingerprint density at radius 2 is 2.10 bits per heavy atom. The summed E-state index contributed by atoms with van der Waals surface area (Å²) in [6.07, 6.45) is -0.00729. The summed E-state index contributed by atoms with van der Waals surface area (Å²) in [5.74, 6) is -0.876. The molecule has 0 aliphatic carbocycles. The molecule has 2 unspecified atom stereocenters. The van der Waals surface area contributed by atoms with Crippen molar-refractivity contribution >= 4 is 11.3 Å². The third kappa shape index (κ3) is 4.10. The third-order valence-electron chi connectivity index (χ3n) is 3.10. The van der Waals surface area contributed by atoms with Crippen molar-refractivity contribution in [2.45, 2.75) is 32.0 Å². The minimum Gasteiger partial charge on any atom is -0.388 e. The zero-order chi connectivity index (χ0) is 14.5. The van der Waals surface area contributed by atoms with Gasteiger partial charge >= 0.3 is 0 Å². The minimum absolute atomic E-state index is 0.00485. The smallest absolute Gasteiger partial charge is 0.127 e. The minimum atomic E-state index is -0.533. The summed E-state index contributed by atoms with van der Waals surface area (Å²) in [6.45, 7) is 2.15. The van der Waals surface area contributed by atoms with Crippen LogP contribution < -0.4 is 5.32 Å². The second-order valence-electron chi connectivity index (χ2n) is 4.78. The number of hydrogen-bond donors (Lipinski definition) is 2. The van der Waals surface area contributed by atoms with Crippen LogP contribution in [0.4, 0.5) is 8.78 Å². The van der Waals surface area contributed by atoms with Gasteiger partial charge < -0.3 is 10.4 Å². The van der Waals surface area contributed by atoms with Crippen LogP contribution >= 0.6 is 11.3 Å². The molecule has 2 rings (SSSR count). The van der Waals surface area contributed by atoms with Crippen LogP contribution in [-0.4, -0.2) is 11.1 Å². The molecule has 20 heavy (non-hydrogen) atoms. The molecule has 0 saturated heterocycles. The van der Waals surface area contributed by atoms with Gasteiger partial charge in [-0.05, 0) is 43.0 Å². The number of aliphatic hydroxyl groups is 1. The first-order chi connectivity index (χ1) is 9.56. The van der Waals surface area contributed by atoms with Crippen molar-refractivity contribution in [2.24, 2.45) is 0 Å². The van der Waals surface area contributed by atoms with E-state index in [1.54, 1.807) is 0 Å². The summed E-state index contributed by atoms with van der Waals surface area (Å²) in [6, 6.07) is 7.18. The second-order valence-corrected chi connectivity index (χ2v) is 5.76. The van der Waals surface area contributed by atoms with E-state index in [9.17, 15) is 13.9 Å². The van der Waals surface area contributed by atoms with Crippen LogP contribution in [0.5, 0.6) is 0 Å². The zero-order valence-electron chi connectivity index (χ0n) is 11.1. The summed E-state index contributed by atoms with van der Waals surface area (Å²) in [7, 11) is 0. The van der Waals surface area contributed by atoms with Crippen molar-refractivity contribution in [2.75, 3.05) is 0 Å². The van der Waals surface area contributed by atoms with Crippen LogP contribution in [0.3, 0.4) is 0 Å². The molecular weight excluding hydrogens is 280 g/mol. The summed E-state index contributed by atoms with van der Waals surface area (Å²) >= 11 is 1.50. The quantitative estimate of drug-likeness (QED) is 0.853. The fourth-order valence-corrected chi connectivity index (χ4v) is 2.70. The van der Waals surface area contributed by atoms with Crippen molar-refractivity contribution in [3.63, 3.8) is 0 Å². The standard InChI is InChI=1S/C15H17F2NOS/c1-10(7-14(19)15-3-2-6-20-15)18-9-11-8-12(16)4-5-13(11)17/h2-6,8,10,14,18-19H,7,9H2,1H3. The van der Waals surface area contributed by atoms with Crippen LogP contribution in [0, 0.1) is 11.6 Å². The SMILES string of the molecule is CC(CC(O)c1cccs1)NCc1cc(F)ccc1F. The number of hydrogen-bond acceptors (Lipinski definition) is 3. The topological polar surface area (TPSA) is 32.3 Å². The number of aliphatic hydroxyl groups excluding tert-OH is 1. The van der Waals surface area contributed by atoms with Crippen LogP contribution in [0.25, 0.3) is 0 Å². The first kappa shape index (κ1) is 15.1. The Bertz CT molecular complexity index is 545. The summed E-state index contributed by atoms with van der Waals surface area (Å²) < 4.78 is 26.5.